The largest absolute Gasteiger partial charge is 0.236 e. The molecular weight excluding hydrogens is 152 g/mol. The molecule has 0 unspecified atom stereocenters. The van der Waals surface area contributed by atoms with Gasteiger partial charge in [-0.25, -0.2) is 9.50 Å². The fourth-order valence-corrected chi connectivity index (χ4v) is 1.05. The zero-order valence-corrected chi connectivity index (χ0v) is 6.52. The predicted molar refractivity (Wildman–Crippen MR) is 42.4 cm³/mol. The highest BCUT2D eigenvalue weighted by atomic mass is 15.2. The van der Waals surface area contributed by atoms with E-state index in [-0.39, 0.29) is 0 Å². The molecule has 0 bridgehead atoms. The molecule has 2 rings (SSSR count). The predicted octanol–water partition coefficient (Wildman–Crippen LogP) is 0.909. The van der Waals surface area contributed by atoms with Crippen molar-refractivity contribution in [3.8, 4) is 6.07 Å². The van der Waals surface area contributed by atoms with E-state index >= 15 is 0 Å². The van der Waals surface area contributed by atoms with E-state index in [1.54, 1.807) is 10.7 Å². The van der Waals surface area contributed by atoms with Crippen LogP contribution >= 0.6 is 0 Å². The SMILES string of the molecule is Cc1cnc2c(C#N)cnn2c1. The molecule has 0 spiro atoms. The Morgan fingerprint density at radius 2 is 2.33 bits per heavy atom. The standard InChI is InChI=1S/C8H6N4/c1-6-3-10-8-7(2-9)4-11-12(8)5-6/h3-5H,1H3. The average molecular weight is 158 g/mol. The highest BCUT2D eigenvalue weighted by Crippen LogP contribution is 2.06. The topological polar surface area (TPSA) is 54.0 Å². The van der Waals surface area contributed by atoms with Crippen molar-refractivity contribution >= 4 is 5.65 Å². The van der Waals surface area contributed by atoms with Crippen molar-refractivity contribution in [2.24, 2.45) is 0 Å². The molecule has 0 fully saturated rings. The van der Waals surface area contributed by atoms with Crippen molar-refractivity contribution in [2.45, 2.75) is 6.92 Å². The molecule has 4 nitrogen and oxygen atoms in total. The molecule has 0 saturated carbocycles. The van der Waals surface area contributed by atoms with Crippen molar-refractivity contribution < 1.29 is 0 Å². The summed E-state index contributed by atoms with van der Waals surface area (Å²) >= 11 is 0. The average Bonchev–Trinajstić information content (AvgIpc) is 2.46. The van der Waals surface area contributed by atoms with E-state index in [1.807, 2.05) is 19.2 Å². The zero-order chi connectivity index (χ0) is 8.55. The van der Waals surface area contributed by atoms with Gasteiger partial charge in [-0.3, -0.25) is 0 Å². The highest BCUT2D eigenvalue weighted by Gasteiger charge is 2.02. The lowest BCUT2D eigenvalue weighted by atomic mass is 10.3. The second-order valence-electron chi connectivity index (χ2n) is 2.57. The van der Waals surface area contributed by atoms with Crippen LogP contribution in [0.15, 0.2) is 18.6 Å². The minimum atomic E-state index is 0.509. The fourth-order valence-electron chi connectivity index (χ4n) is 1.05. The molecule has 4 heteroatoms. The smallest absolute Gasteiger partial charge is 0.172 e. The first-order valence-corrected chi connectivity index (χ1v) is 3.51. The van der Waals surface area contributed by atoms with Crippen LogP contribution in [0.25, 0.3) is 5.65 Å². The molecule has 0 radical (unpaired) electrons. The molecule has 0 aliphatic carbocycles. The quantitative estimate of drug-likeness (QED) is 0.572. The minimum Gasteiger partial charge on any atom is -0.236 e. The molecule has 0 atom stereocenters. The third-order valence-electron chi connectivity index (χ3n) is 1.61. The van der Waals surface area contributed by atoms with Gasteiger partial charge in [0, 0.05) is 12.4 Å². The second kappa shape index (κ2) is 2.31. The minimum absolute atomic E-state index is 0.509. The highest BCUT2D eigenvalue weighted by molar-refractivity contribution is 5.53. The number of hydrogen-bond acceptors (Lipinski definition) is 3. The number of nitrogens with zero attached hydrogens (tertiary/aromatic N) is 4. The maximum atomic E-state index is 8.65. The van der Waals surface area contributed by atoms with Crippen LogP contribution in [0.2, 0.25) is 0 Å². The Labute approximate surface area is 69.1 Å². The third-order valence-corrected chi connectivity index (χ3v) is 1.61. The summed E-state index contributed by atoms with van der Waals surface area (Å²) in [6, 6.07) is 2.02. The summed E-state index contributed by atoms with van der Waals surface area (Å²) in [7, 11) is 0. The van der Waals surface area contributed by atoms with E-state index in [0.717, 1.165) is 5.56 Å². The Hall–Kier alpha value is -1.89. The molecule has 0 N–H and O–H groups in total. The summed E-state index contributed by atoms with van der Waals surface area (Å²) in [6.45, 7) is 1.93. The van der Waals surface area contributed by atoms with Gasteiger partial charge in [-0.05, 0) is 12.5 Å². The van der Waals surface area contributed by atoms with Gasteiger partial charge in [0.15, 0.2) is 5.65 Å². The summed E-state index contributed by atoms with van der Waals surface area (Å²) in [5, 5.41) is 12.6. The van der Waals surface area contributed by atoms with E-state index < -0.39 is 0 Å². The molecular formula is C8H6N4. The lowest BCUT2D eigenvalue weighted by molar-refractivity contribution is 0.928. The van der Waals surface area contributed by atoms with Crippen molar-refractivity contribution in [1.29, 1.82) is 5.26 Å². The Morgan fingerprint density at radius 3 is 3.08 bits per heavy atom. The number of rotatable bonds is 0. The van der Waals surface area contributed by atoms with Gasteiger partial charge in [-0.2, -0.15) is 10.4 Å². The second-order valence-corrected chi connectivity index (χ2v) is 2.57. The van der Waals surface area contributed by atoms with Crippen LogP contribution in [0.1, 0.15) is 11.1 Å². The van der Waals surface area contributed by atoms with E-state index in [1.165, 1.54) is 6.20 Å². The fraction of sp³-hybridized carbons (Fsp3) is 0.125. The van der Waals surface area contributed by atoms with E-state index in [4.69, 9.17) is 5.26 Å². The number of fused-ring (bicyclic) bond motifs is 1. The molecule has 2 heterocycles. The van der Waals surface area contributed by atoms with Gasteiger partial charge in [-0.1, -0.05) is 0 Å². The molecule has 2 aromatic heterocycles. The van der Waals surface area contributed by atoms with Crippen LogP contribution in [-0.2, 0) is 0 Å². The molecule has 0 aliphatic heterocycles. The molecule has 0 saturated heterocycles. The van der Waals surface area contributed by atoms with Gasteiger partial charge in [0.25, 0.3) is 0 Å². The zero-order valence-electron chi connectivity index (χ0n) is 6.52. The Morgan fingerprint density at radius 1 is 1.50 bits per heavy atom. The first kappa shape index (κ1) is 6.80. The summed E-state index contributed by atoms with van der Waals surface area (Å²) in [6.07, 6.45) is 5.07. The number of aryl methyl sites for hydroxylation is 1. The molecule has 2 aromatic rings. The van der Waals surface area contributed by atoms with Gasteiger partial charge in [0.2, 0.25) is 0 Å². The maximum Gasteiger partial charge on any atom is 0.172 e. The Balaban J connectivity index is 2.84. The summed E-state index contributed by atoms with van der Waals surface area (Å²) < 4.78 is 1.61. The van der Waals surface area contributed by atoms with Gasteiger partial charge in [0.05, 0.1) is 6.20 Å². The molecule has 0 amide bonds. The van der Waals surface area contributed by atoms with Gasteiger partial charge in [0.1, 0.15) is 11.6 Å². The van der Waals surface area contributed by atoms with Crippen LogP contribution in [0.4, 0.5) is 0 Å². The van der Waals surface area contributed by atoms with Crippen molar-refractivity contribution in [3.05, 3.63) is 29.7 Å². The van der Waals surface area contributed by atoms with Crippen LogP contribution in [0.3, 0.4) is 0 Å². The summed E-state index contributed by atoms with van der Waals surface area (Å²) in [5.74, 6) is 0. The van der Waals surface area contributed by atoms with Gasteiger partial charge >= 0.3 is 0 Å². The first-order chi connectivity index (χ1) is 5.81. The van der Waals surface area contributed by atoms with E-state index in [9.17, 15) is 0 Å². The normalized spacial score (nSPS) is 10.0. The third kappa shape index (κ3) is 0.839. The lowest BCUT2D eigenvalue weighted by Crippen LogP contribution is -1.90. The Bertz CT molecular complexity index is 463. The van der Waals surface area contributed by atoms with Crippen molar-refractivity contribution in [3.63, 3.8) is 0 Å². The lowest BCUT2D eigenvalue weighted by Gasteiger charge is -1.92. The summed E-state index contributed by atoms with van der Waals surface area (Å²) in [5.41, 5.74) is 2.15. The Kier molecular flexibility index (Phi) is 1.31. The molecule has 0 aliphatic rings. The van der Waals surface area contributed by atoms with Crippen LogP contribution < -0.4 is 0 Å². The van der Waals surface area contributed by atoms with E-state index in [0.29, 0.717) is 11.2 Å². The number of nitriles is 1. The van der Waals surface area contributed by atoms with Crippen molar-refractivity contribution in [1.82, 2.24) is 14.6 Å². The number of aromatic nitrogens is 3. The van der Waals surface area contributed by atoms with Gasteiger partial charge < -0.3 is 0 Å². The van der Waals surface area contributed by atoms with Gasteiger partial charge in [-0.15, -0.1) is 0 Å². The molecule has 0 aromatic carbocycles. The van der Waals surface area contributed by atoms with Crippen LogP contribution in [0.5, 0.6) is 0 Å². The number of hydrogen-bond donors (Lipinski definition) is 0. The summed E-state index contributed by atoms with van der Waals surface area (Å²) in [4.78, 5) is 4.09. The maximum absolute atomic E-state index is 8.65. The molecule has 12 heavy (non-hydrogen) atoms. The van der Waals surface area contributed by atoms with E-state index in [2.05, 4.69) is 10.1 Å². The van der Waals surface area contributed by atoms with Crippen LogP contribution in [0, 0.1) is 18.3 Å². The first-order valence-electron chi connectivity index (χ1n) is 3.51. The van der Waals surface area contributed by atoms with Crippen molar-refractivity contribution in [2.75, 3.05) is 0 Å². The monoisotopic (exact) mass is 158 g/mol. The van der Waals surface area contributed by atoms with Crippen LogP contribution in [-0.4, -0.2) is 14.6 Å². The molecule has 58 valence electrons.